The molecule has 1 rings (SSSR count). The molecule has 0 saturated heterocycles. The summed E-state index contributed by atoms with van der Waals surface area (Å²) in [6, 6.07) is -1.91. The van der Waals surface area contributed by atoms with Gasteiger partial charge >= 0.3 is 11.9 Å². The molecular formula is C15H23N5O6S. The number of ether oxygens (including phenoxy) is 1. The lowest BCUT2D eigenvalue weighted by molar-refractivity contribution is -0.161. The number of aromatic nitrogens is 1. The Balaban J connectivity index is 3.16. The molecule has 0 radical (unpaired) electrons. The molecule has 0 fully saturated rings. The number of carbonyl (C=O) groups is 3. The highest BCUT2D eigenvalue weighted by Crippen LogP contribution is 2.15. The number of hydrogen-bond donors (Lipinski definition) is 4. The van der Waals surface area contributed by atoms with Crippen LogP contribution in [0.2, 0.25) is 0 Å². The van der Waals surface area contributed by atoms with Crippen LogP contribution >= 0.6 is 11.3 Å². The summed E-state index contributed by atoms with van der Waals surface area (Å²) in [7, 11) is 0. The summed E-state index contributed by atoms with van der Waals surface area (Å²) in [6.45, 7) is 5.76. The number of carboxylic acids is 1. The normalized spacial score (nSPS) is 14.2. The van der Waals surface area contributed by atoms with Crippen molar-refractivity contribution in [2.45, 2.75) is 45.4 Å². The van der Waals surface area contributed by atoms with E-state index >= 15 is 0 Å². The van der Waals surface area contributed by atoms with Gasteiger partial charge in [-0.15, -0.1) is 11.3 Å². The number of hydrogen-bond acceptors (Lipinski definition) is 10. The zero-order valence-corrected chi connectivity index (χ0v) is 16.2. The van der Waals surface area contributed by atoms with Gasteiger partial charge in [0.05, 0.1) is 6.61 Å². The first-order valence-corrected chi connectivity index (χ1v) is 8.81. The standard InChI is InChI=1S/C15H23N5O6S/c1-5-25-12(22)9(7(2)16)19-11(21)10(8-6-27-14(17)18-8)20-26-15(3,4)13(23)24/h6-7,9H,5,16H2,1-4H3,(H2,17,18)(H,19,21)(H,23,24)/b20-10+/t7-,9-/m1/s1. The van der Waals surface area contributed by atoms with Crippen molar-refractivity contribution in [1.29, 1.82) is 0 Å². The van der Waals surface area contributed by atoms with Crippen molar-refractivity contribution in [2.75, 3.05) is 12.3 Å². The van der Waals surface area contributed by atoms with Crippen molar-refractivity contribution in [3.05, 3.63) is 11.1 Å². The minimum atomic E-state index is -1.70. The van der Waals surface area contributed by atoms with Gasteiger partial charge in [0.15, 0.2) is 10.8 Å². The molecule has 12 heteroatoms. The molecular weight excluding hydrogens is 378 g/mol. The van der Waals surface area contributed by atoms with Gasteiger partial charge in [-0.3, -0.25) is 4.79 Å². The van der Waals surface area contributed by atoms with Gasteiger partial charge in [0, 0.05) is 11.4 Å². The summed E-state index contributed by atoms with van der Waals surface area (Å²) < 4.78 is 4.89. The molecule has 0 aliphatic heterocycles. The van der Waals surface area contributed by atoms with Crippen molar-refractivity contribution in [3.8, 4) is 0 Å². The number of nitrogen functional groups attached to an aromatic ring is 1. The Morgan fingerprint density at radius 2 is 2.07 bits per heavy atom. The molecule has 150 valence electrons. The van der Waals surface area contributed by atoms with Crippen LogP contribution in [-0.2, 0) is 24.0 Å². The third-order valence-electron chi connectivity index (χ3n) is 3.21. The molecule has 2 atom stereocenters. The topological polar surface area (TPSA) is 179 Å². The van der Waals surface area contributed by atoms with Gasteiger partial charge in [0.25, 0.3) is 5.91 Å². The maximum Gasteiger partial charge on any atom is 0.350 e. The average Bonchev–Trinajstić information content (AvgIpc) is 2.98. The van der Waals surface area contributed by atoms with Crippen LogP contribution in [0.4, 0.5) is 5.13 Å². The summed E-state index contributed by atoms with van der Waals surface area (Å²) in [5, 5.41) is 16.8. The quantitative estimate of drug-likeness (QED) is 0.245. The summed E-state index contributed by atoms with van der Waals surface area (Å²) in [6.07, 6.45) is 0. The van der Waals surface area contributed by atoms with Crippen LogP contribution < -0.4 is 16.8 Å². The number of aliphatic carboxylic acids is 1. The zero-order chi connectivity index (χ0) is 20.8. The van der Waals surface area contributed by atoms with Crippen molar-refractivity contribution in [1.82, 2.24) is 10.3 Å². The fraction of sp³-hybridized carbons (Fsp3) is 0.533. The number of nitrogens with zero attached hydrogens (tertiary/aromatic N) is 2. The maximum absolute atomic E-state index is 12.7. The van der Waals surface area contributed by atoms with Crippen molar-refractivity contribution >= 4 is 40.0 Å². The molecule has 27 heavy (non-hydrogen) atoms. The SMILES string of the molecule is CCOC(=O)[C@H](NC(=O)/C(=N/OC(C)(C)C(=O)O)c1csc(N)n1)[C@@H](C)N. The Morgan fingerprint density at radius 3 is 2.52 bits per heavy atom. The minimum absolute atomic E-state index is 0.0588. The first kappa shape index (κ1) is 22.3. The van der Waals surface area contributed by atoms with Gasteiger partial charge in [0.1, 0.15) is 11.7 Å². The molecule has 1 aromatic rings. The highest BCUT2D eigenvalue weighted by Gasteiger charge is 2.32. The smallest absolute Gasteiger partial charge is 0.350 e. The molecule has 6 N–H and O–H groups in total. The summed E-state index contributed by atoms with van der Waals surface area (Å²) >= 11 is 1.05. The number of oxime groups is 1. The van der Waals surface area contributed by atoms with E-state index < -0.39 is 35.5 Å². The van der Waals surface area contributed by atoms with Crippen LogP contribution in [0.5, 0.6) is 0 Å². The van der Waals surface area contributed by atoms with Crippen LogP contribution in [0.1, 0.15) is 33.4 Å². The Labute approximate surface area is 159 Å². The van der Waals surface area contributed by atoms with E-state index in [-0.39, 0.29) is 23.1 Å². The molecule has 1 aromatic heterocycles. The first-order chi connectivity index (χ1) is 12.5. The first-order valence-electron chi connectivity index (χ1n) is 7.93. The molecule has 11 nitrogen and oxygen atoms in total. The lowest BCUT2D eigenvalue weighted by atomic mass is 10.1. The minimum Gasteiger partial charge on any atom is -0.478 e. The molecule has 0 aliphatic carbocycles. The fourth-order valence-electron chi connectivity index (χ4n) is 1.65. The summed E-state index contributed by atoms with van der Waals surface area (Å²) in [5.74, 6) is -2.86. The lowest BCUT2D eigenvalue weighted by Crippen LogP contribution is -2.53. The van der Waals surface area contributed by atoms with E-state index in [1.54, 1.807) is 6.92 Å². The van der Waals surface area contributed by atoms with E-state index in [9.17, 15) is 14.4 Å². The van der Waals surface area contributed by atoms with Crippen LogP contribution in [0.3, 0.4) is 0 Å². The number of carbonyl (C=O) groups excluding carboxylic acids is 2. The second-order valence-electron chi connectivity index (χ2n) is 5.98. The van der Waals surface area contributed by atoms with Crippen molar-refractivity contribution in [2.24, 2.45) is 10.9 Å². The van der Waals surface area contributed by atoms with E-state index in [0.717, 1.165) is 11.3 Å². The fourth-order valence-corrected chi connectivity index (χ4v) is 2.19. The Bertz CT molecular complexity index is 730. The summed E-state index contributed by atoms with van der Waals surface area (Å²) in [4.78, 5) is 44.7. The average molecular weight is 401 g/mol. The van der Waals surface area contributed by atoms with E-state index in [1.165, 1.54) is 26.2 Å². The highest BCUT2D eigenvalue weighted by molar-refractivity contribution is 7.13. The monoisotopic (exact) mass is 401 g/mol. The largest absolute Gasteiger partial charge is 0.478 e. The van der Waals surface area contributed by atoms with E-state index in [4.69, 9.17) is 26.1 Å². The summed E-state index contributed by atoms with van der Waals surface area (Å²) in [5.41, 5.74) is 9.32. The Kier molecular flexibility index (Phi) is 7.67. The van der Waals surface area contributed by atoms with Crippen LogP contribution in [0, 0.1) is 0 Å². The number of anilines is 1. The predicted molar refractivity (Wildman–Crippen MR) is 98.1 cm³/mol. The second kappa shape index (κ2) is 9.28. The molecule has 1 heterocycles. The van der Waals surface area contributed by atoms with Crippen molar-refractivity contribution < 1.29 is 29.1 Å². The molecule has 0 saturated carbocycles. The van der Waals surface area contributed by atoms with Crippen LogP contribution in [0.15, 0.2) is 10.5 Å². The van der Waals surface area contributed by atoms with Crippen LogP contribution in [0.25, 0.3) is 0 Å². The van der Waals surface area contributed by atoms with E-state index in [1.807, 2.05) is 0 Å². The second-order valence-corrected chi connectivity index (χ2v) is 6.87. The molecule has 0 aliphatic rings. The molecule has 0 bridgehead atoms. The van der Waals surface area contributed by atoms with Gasteiger partial charge in [-0.2, -0.15) is 0 Å². The predicted octanol–water partition coefficient (Wildman–Crippen LogP) is -0.296. The maximum atomic E-state index is 12.7. The van der Waals surface area contributed by atoms with Gasteiger partial charge < -0.3 is 31.5 Å². The highest BCUT2D eigenvalue weighted by atomic mass is 32.1. The molecule has 0 spiro atoms. The zero-order valence-electron chi connectivity index (χ0n) is 15.4. The lowest BCUT2D eigenvalue weighted by Gasteiger charge is -2.21. The number of thiazole rings is 1. The third kappa shape index (κ3) is 6.18. The molecule has 1 amide bonds. The number of amides is 1. The number of nitrogens with two attached hydrogens (primary N) is 2. The van der Waals surface area contributed by atoms with Gasteiger partial charge in [-0.1, -0.05) is 5.16 Å². The Morgan fingerprint density at radius 1 is 1.44 bits per heavy atom. The number of carboxylic acid groups (broad SMARTS) is 1. The van der Waals surface area contributed by atoms with Crippen molar-refractivity contribution in [3.63, 3.8) is 0 Å². The number of rotatable bonds is 9. The van der Waals surface area contributed by atoms with E-state index in [0.29, 0.717) is 0 Å². The van der Waals surface area contributed by atoms with E-state index in [2.05, 4.69) is 15.5 Å². The molecule has 0 aromatic carbocycles. The molecule has 0 unspecified atom stereocenters. The van der Waals surface area contributed by atoms with Gasteiger partial charge in [-0.25, -0.2) is 14.6 Å². The van der Waals surface area contributed by atoms with Gasteiger partial charge in [-0.05, 0) is 27.7 Å². The third-order valence-corrected chi connectivity index (χ3v) is 3.89. The van der Waals surface area contributed by atoms with Crippen LogP contribution in [-0.4, -0.2) is 57.9 Å². The Hall–Kier alpha value is -2.73. The number of esters is 1. The van der Waals surface area contributed by atoms with Gasteiger partial charge in [0.2, 0.25) is 5.60 Å². The number of nitrogens with one attached hydrogen (secondary N) is 1.